The van der Waals surface area contributed by atoms with Gasteiger partial charge >= 0.3 is 0 Å². The maximum Gasteiger partial charge on any atom is 0.171 e. The summed E-state index contributed by atoms with van der Waals surface area (Å²) in [6, 6.07) is 2.58. The smallest absolute Gasteiger partial charge is 0.171 e. The largest absolute Gasteiger partial charge is 0.205 e. The van der Waals surface area contributed by atoms with E-state index in [0.29, 0.717) is 0 Å². The van der Waals surface area contributed by atoms with Gasteiger partial charge in [0.25, 0.3) is 0 Å². The fourth-order valence-corrected chi connectivity index (χ4v) is 7.65. The minimum Gasteiger partial charge on any atom is -0.205 e. The summed E-state index contributed by atoms with van der Waals surface area (Å²) >= 11 is 0. The van der Waals surface area contributed by atoms with Gasteiger partial charge in [-0.05, 0) is 38.2 Å². The average molecular weight is 669 g/mol. The van der Waals surface area contributed by atoms with Crippen molar-refractivity contribution >= 4 is 0 Å². The first-order valence-electron chi connectivity index (χ1n) is 22.8. The molecule has 0 spiro atoms. The number of rotatable bonds is 39. The van der Waals surface area contributed by atoms with Crippen molar-refractivity contribution in [3.05, 3.63) is 29.6 Å². The molecule has 0 N–H and O–H groups in total. The van der Waals surface area contributed by atoms with Crippen LogP contribution in [0.1, 0.15) is 263 Å². The van der Waals surface area contributed by atoms with E-state index in [0.717, 1.165) is 0 Å². The topological polar surface area (TPSA) is 3.88 Å². The fourth-order valence-electron chi connectivity index (χ4n) is 7.65. The van der Waals surface area contributed by atoms with Crippen molar-refractivity contribution in [2.75, 3.05) is 0 Å². The van der Waals surface area contributed by atoms with E-state index < -0.39 is 0 Å². The number of hydrogen-bond donors (Lipinski definition) is 0. The Kier molecular flexibility index (Phi) is 35.2. The highest BCUT2D eigenvalue weighted by atomic mass is 14.9. The Hall–Kier alpha value is -0.850. The maximum absolute atomic E-state index is 2.59. The molecule has 1 heteroatoms. The van der Waals surface area contributed by atoms with Gasteiger partial charge in [-0.15, -0.1) is 0 Å². The summed E-state index contributed by atoms with van der Waals surface area (Å²) in [4.78, 5) is 0. The molecule has 282 valence electrons. The average Bonchev–Trinajstić information content (AvgIpc) is 3.09. The lowest BCUT2D eigenvalue weighted by Crippen LogP contribution is -2.34. The normalized spacial score (nSPS) is 11.6. The molecule has 1 nitrogen and oxygen atoms in total. The van der Waals surface area contributed by atoms with Crippen LogP contribution in [0.4, 0.5) is 0 Å². The summed E-state index contributed by atoms with van der Waals surface area (Å²) in [7, 11) is 0. The van der Waals surface area contributed by atoms with E-state index in [1.807, 2.05) is 0 Å². The SMILES string of the molecule is CCCCCCCCCCCCCCCC[n+]1cc(CCCCCCCCCCCCC)cc(CCCCCCCCCCCCC)c1. The van der Waals surface area contributed by atoms with Crippen molar-refractivity contribution < 1.29 is 4.57 Å². The van der Waals surface area contributed by atoms with Crippen molar-refractivity contribution in [2.24, 2.45) is 0 Å². The van der Waals surface area contributed by atoms with Gasteiger partial charge in [-0.2, -0.15) is 0 Å². The Morgan fingerprint density at radius 3 is 0.792 bits per heavy atom. The first-order chi connectivity index (χ1) is 23.8. The molecule has 0 atom stereocenters. The van der Waals surface area contributed by atoms with Crippen molar-refractivity contribution in [1.82, 2.24) is 0 Å². The Morgan fingerprint density at radius 2 is 0.521 bits per heavy atom. The Balaban J connectivity index is 2.31. The quantitative estimate of drug-likeness (QED) is 0.0485. The fraction of sp³-hybridized carbons (Fsp3) is 0.894. The zero-order valence-electron chi connectivity index (χ0n) is 33.8. The molecule has 1 aromatic heterocycles. The van der Waals surface area contributed by atoms with Crippen LogP contribution in [-0.2, 0) is 19.4 Å². The molecule has 0 aromatic carbocycles. The molecule has 0 fully saturated rings. The van der Waals surface area contributed by atoms with Gasteiger partial charge in [0.2, 0.25) is 0 Å². The van der Waals surface area contributed by atoms with E-state index in [-0.39, 0.29) is 0 Å². The van der Waals surface area contributed by atoms with Crippen LogP contribution in [0.25, 0.3) is 0 Å². The van der Waals surface area contributed by atoms with Crippen molar-refractivity contribution in [2.45, 2.75) is 271 Å². The first kappa shape index (κ1) is 45.2. The number of unbranched alkanes of at least 4 members (excludes halogenated alkanes) is 33. The van der Waals surface area contributed by atoms with Gasteiger partial charge in [-0.3, -0.25) is 0 Å². The van der Waals surface area contributed by atoms with Crippen molar-refractivity contribution in [3.63, 3.8) is 0 Å². The van der Waals surface area contributed by atoms with E-state index in [4.69, 9.17) is 0 Å². The second kappa shape index (κ2) is 37.4. The van der Waals surface area contributed by atoms with Gasteiger partial charge in [-0.25, -0.2) is 4.57 Å². The lowest BCUT2D eigenvalue weighted by Gasteiger charge is -2.07. The molecule has 0 aliphatic carbocycles. The van der Waals surface area contributed by atoms with Crippen LogP contribution >= 0.6 is 0 Å². The van der Waals surface area contributed by atoms with E-state index in [2.05, 4.69) is 43.8 Å². The zero-order chi connectivity index (χ0) is 34.4. The van der Waals surface area contributed by atoms with Crippen LogP contribution in [0.3, 0.4) is 0 Å². The van der Waals surface area contributed by atoms with Gasteiger partial charge in [0.1, 0.15) is 6.54 Å². The number of pyridine rings is 1. The first-order valence-corrected chi connectivity index (χ1v) is 22.8. The Morgan fingerprint density at radius 1 is 0.292 bits per heavy atom. The summed E-state index contributed by atoms with van der Waals surface area (Å²) in [5.74, 6) is 0. The molecule has 1 aromatic rings. The van der Waals surface area contributed by atoms with E-state index in [1.54, 1.807) is 11.1 Å². The monoisotopic (exact) mass is 669 g/mol. The molecular weight excluding hydrogens is 579 g/mol. The molecule has 0 saturated carbocycles. The molecular formula is C47H90N+. The van der Waals surface area contributed by atoms with Crippen molar-refractivity contribution in [1.29, 1.82) is 0 Å². The summed E-state index contributed by atoms with van der Waals surface area (Å²) in [6.07, 6.45) is 59.3. The number of aromatic nitrogens is 1. The van der Waals surface area contributed by atoms with Crippen LogP contribution in [0.15, 0.2) is 18.5 Å². The lowest BCUT2D eigenvalue weighted by atomic mass is 10.0. The minimum atomic E-state index is 1.22. The molecule has 0 amide bonds. The van der Waals surface area contributed by atoms with Crippen LogP contribution in [0.2, 0.25) is 0 Å². The predicted molar refractivity (Wildman–Crippen MR) is 217 cm³/mol. The van der Waals surface area contributed by atoms with Crippen LogP contribution in [-0.4, -0.2) is 0 Å². The number of aryl methyl sites for hydroxylation is 3. The molecule has 0 aliphatic rings. The van der Waals surface area contributed by atoms with Gasteiger partial charge < -0.3 is 0 Å². The standard InChI is InChI=1S/C47H90N/c1-4-7-10-13-16-19-22-23-24-27-30-33-36-39-42-48-44-46(40-37-34-31-28-25-20-17-14-11-8-5-2)43-47(45-48)41-38-35-32-29-26-21-18-15-12-9-6-3/h43-45H,4-42H2,1-3H3/q+1. The van der Waals surface area contributed by atoms with E-state index in [9.17, 15) is 0 Å². The van der Waals surface area contributed by atoms with Gasteiger partial charge in [-0.1, -0.05) is 226 Å². The highest BCUT2D eigenvalue weighted by Gasteiger charge is 2.09. The zero-order valence-corrected chi connectivity index (χ0v) is 33.8. The van der Waals surface area contributed by atoms with Gasteiger partial charge in [0.05, 0.1) is 0 Å². The second-order valence-electron chi connectivity index (χ2n) is 16.0. The van der Waals surface area contributed by atoms with Crippen LogP contribution in [0, 0.1) is 0 Å². The third-order valence-corrected chi connectivity index (χ3v) is 10.9. The minimum absolute atomic E-state index is 1.22. The molecule has 0 saturated heterocycles. The molecule has 0 unspecified atom stereocenters. The summed E-state index contributed by atoms with van der Waals surface area (Å²) < 4.78 is 2.59. The van der Waals surface area contributed by atoms with E-state index >= 15 is 0 Å². The summed E-state index contributed by atoms with van der Waals surface area (Å²) in [6.45, 7) is 8.16. The second-order valence-corrected chi connectivity index (χ2v) is 16.0. The third-order valence-electron chi connectivity index (χ3n) is 10.9. The highest BCUT2D eigenvalue weighted by Crippen LogP contribution is 2.17. The highest BCUT2D eigenvalue weighted by molar-refractivity contribution is 5.15. The Labute approximate surface area is 304 Å². The van der Waals surface area contributed by atoms with Gasteiger partial charge in [0, 0.05) is 17.5 Å². The molecule has 1 rings (SSSR count). The van der Waals surface area contributed by atoms with Crippen LogP contribution < -0.4 is 4.57 Å². The molecule has 1 heterocycles. The third kappa shape index (κ3) is 31.2. The Bertz CT molecular complexity index is 709. The molecule has 48 heavy (non-hydrogen) atoms. The molecule has 0 aliphatic heterocycles. The van der Waals surface area contributed by atoms with E-state index in [1.165, 1.54) is 251 Å². The van der Waals surface area contributed by atoms with Gasteiger partial charge in [0.15, 0.2) is 12.4 Å². The maximum atomic E-state index is 2.59. The number of hydrogen-bond acceptors (Lipinski definition) is 0. The number of nitrogens with zero attached hydrogens (tertiary/aromatic N) is 1. The molecule has 0 bridgehead atoms. The lowest BCUT2D eigenvalue weighted by molar-refractivity contribution is -0.698. The molecule has 0 radical (unpaired) electrons. The van der Waals surface area contributed by atoms with Crippen LogP contribution in [0.5, 0.6) is 0 Å². The summed E-state index contributed by atoms with van der Waals surface area (Å²) in [5.41, 5.74) is 3.22. The van der Waals surface area contributed by atoms with Crippen molar-refractivity contribution in [3.8, 4) is 0 Å². The predicted octanol–water partition coefficient (Wildman–Crippen LogP) is 16.2. The summed E-state index contributed by atoms with van der Waals surface area (Å²) in [5, 5.41) is 0.